The lowest BCUT2D eigenvalue weighted by atomic mass is 10.1. The average molecular weight is 339 g/mol. The predicted molar refractivity (Wildman–Crippen MR) is 89.2 cm³/mol. The Kier molecular flexibility index (Phi) is 4.56. The van der Waals surface area contributed by atoms with Crippen LogP contribution in [0.1, 0.15) is 16.1 Å². The molecule has 25 heavy (non-hydrogen) atoms. The van der Waals surface area contributed by atoms with Crippen molar-refractivity contribution < 1.29 is 18.5 Å². The molecule has 0 aliphatic carbocycles. The summed E-state index contributed by atoms with van der Waals surface area (Å²) in [5.74, 6) is -0.865. The first-order valence-corrected chi connectivity index (χ1v) is 7.42. The SMILES string of the molecule is NC(=O)Cc1ccc(NC(=O)c2cc(-c3ccc(F)cc3)on2)cc1. The number of nitrogens with two attached hydrogens (primary N) is 1. The molecule has 0 saturated carbocycles. The number of carbonyl (C=O) groups is 2. The van der Waals surface area contributed by atoms with Crippen LogP contribution in [0, 0.1) is 5.82 Å². The number of nitrogens with one attached hydrogen (secondary N) is 1. The van der Waals surface area contributed by atoms with Crippen molar-refractivity contribution in [3.05, 3.63) is 71.7 Å². The predicted octanol–water partition coefficient (Wildman–Crippen LogP) is 2.76. The Balaban J connectivity index is 1.69. The van der Waals surface area contributed by atoms with Crippen LogP contribution in [0.25, 0.3) is 11.3 Å². The van der Waals surface area contributed by atoms with Gasteiger partial charge in [-0.2, -0.15) is 0 Å². The summed E-state index contributed by atoms with van der Waals surface area (Å²) in [4.78, 5) is 23.1. The number of benzene rings is 2. The smallest absolute Gasteiger partial charge is 0.277 e. The summed E-state index contributed by atoms with van der Waals surface area (Å²) in [6.45, 7) is 0. The van der Waals surface area contributed by atoms with Crippen LogP contribution in [0.5, 0.6) is 0 Å². The van der Waals surface area contributed by atoms with Gasteiger partial charge in [-0.3, -0.25) is 9.59 Å². The summed E-state index contributed by atoms with van der Waals surface area (Å²) in [6, 6.07) is 13.9. The van der Waals surface area contributed by atoms with Crippen molar-refractivity contribution >= 4 is 17.5 Å². The first-order valence-electron chi connectivity index (χ1n) is 7.42. The lowest BCUT2D eigenvalue weighted by Crippen LogP contribution is -2.14. The maximum Gasteiger partial charge on any atom is 0.277 e. The Labute approximate surface area is 142 Å². The minimum atomic E-state index is -0.445. The number of aromatic nitrogens is 1. The quantitative estimate of drug-likeness (QED) is 0.747. The first kappa shape index (κ1) is 16.4. The van der Waals surface area contributed by atoms with E-state index in [1.54, 1.807) is 24.3 Å². The normalized spacial score (nSPS) is 10.4. The fraction of sp³-hybridized carbons (Fsp3) is 0.0556. The maximum absolute atomic E-state index is 12.9. The third-order valence-corrected chi connectivity index (χ3v) is 3.46. The van der Waals surface area contributed by atoms with E-state index in [0.717, 1.165) is 5.56 Å². The number of halogens is 1. The van der Waals surface area contributed by atoms with Gasteiger partial charge in [0.15, 0.2) is 11.5 Å². The molecule has 0 spiro atoms. The maximum atomic E-state index is 12.9. The van der Waals surface area contributed by atoms with Crippen molar-refractivity contribution in [3.8, 4) is 11.3 Å². The molecule has 0 saturated heterocycles. The molecule has 7 heteroatoms. The Bertz CT molecular complexity index is 902. The van der Waals surface area contributed by atoms with Gasteiger partial charge >= 0.3 is 0 Å². The number of hydrogen-bond acceptors (Lipinski definition) is 4. The largest absolute Gasteiger partial charge is 0.369 e. The number of anilines is 1. The van der Waals surface area contributed by atoms with E-state index < -0.39 is 11.8 Å². The molecule has 3 N–H and O–H groups in total. The second kappa shape index (κ2) is 6.96. The van der Waals surface area contributed by atoms with Crippen LogP contribution in [0.3, 0.4) is 0 Å². The van der Waals surface area contributed by atoms with Crippen LogP contribution in [-0.4, -0.2) is 17.0 Å². The lowest BCUT2D eigenvalue weighted by Gasteiger charge is -2.04. The van der Waals surface area contributed by atoms with Gasteiger partial charge in [0.25, 0.3) is 5.91 Å². The lowest BCUT2D eigenvalue weighted by molar-refractivity contribution is -0.117. The highest BCUT2D eigenvalue weighted by molar-refractivity contribution is 6.03. The van der Waals surface area contributed by atoms with Gasteiger partial charge in [0.05, 0.1) is 6.42 Å². The molecule has 0 fully saturated rings. The van der Waals surface area contributed by atoms with E-state index >= 15 is 0 Å². The van der Waals surface area contributed by atoms with Crippen LogP contribution in [-0.2, 0) is 11.2 Å². The third-order valence-electron chi connectivity index (χ3n) is 3.46. The summed E-state index contributed by atoms with van der Waals surface area (Å²) >= 11 is 0. The standard InChI is InChI=1S/C18H14FN3O3/c19-13-5-3-12(4-6-13)16-10-15(22-25-16)18(24)21-14-7-1-11(2-8-14)9-17(20)23/h1-8,10H,9H2,(H2,20,23)(H,21,24). The summed E-state index contributed by atoms with van der Waals surface area (Å²) in [5, 5.41) is 6.40. The third kappa shape index (κ3) is 4.08. The topological polar surface area (TPSA) is 98.2 Å². The zero-order valence-electron chi connectivity index (χ0n) is 13.0. The number of amides is 2. The van der Waals surface area contributed by atoms with E-state index in [1.165, 1.54) is 30.3 Å². The number of primary amides is 1. The second-order valence-electron chi connectivity index (χ2n) is 5.38. The summed E-state index contributed by atoms with van der Waals surface area (Å²) in [6.07, 6.45) is 0.137. The Morgan fingerprint density at radius 2 is 1.76 bits per heavy atom. The van der Waals surface area contributed by atoms with Gasteiger partial charge in [0.2, 0.25) is 5.91 Å². The second-order valence-corrected chi connectivity index (χ2v) is 5.38. The molecule has 0 unspecified atom stereocenters. The van der Waals surface area contributed by atoms with Crippen LogP contribution in [0.15, 0.2) is 59.1 Å². The molecule has 126 valence electrons. The molecule has 1 heterocycles. The molecule has 6 nitrogen and oxygen atoms in total. The van der Waals surface area contributed by atoms with Crippen molar-refractivity contribution in [2.24, 2.45) is 5.73 Å². The number of carbonyl (C=O) groups excluding carboxylic acids is 2. The fourth-order valence-electron chi connectivity index (χ4n) is 2.23. The molecule has 0 aliphatic rings. The van der Waals surface area contributed by atoms with Crippen molar-refractivity contribution in [1.29, 1.82) is 0 Å². The van der Waals surface area contributed by atoms with Crippen LogP contribution < -0.4 is 11.1 Å². The minimum Gasteiger partial charge on any atom is -0.369 e. The van der Waals surface area contributed by atoms with Gasteiger partial charge in [-0.25, -0.2) is 4.39 Å². The molecular weight excluding hydrogens is 325 g/mol. The number of rotatable bonds is 5. The number of hydrogen-bond donors (Lipinski definition) is 2. The Morgan fingerprint density at radius 3 is 2.40 bits per heavy atom. The van der Waals surface area contributed by atoms with E-state index in [9.17, 15) is 14.0 Å². The molecule has 2 aromatic carbocycles. The summed E-state index contributed by atoms with van der Waals surface area (Å²) < 4.78 is 18.1. The molecule has 0 atom stereocenters. The van der Waals surface area contributed by atoms with E-state index in [-0.39, 0.29) is 17.9 Å². The summed E-state index contributed by atoms with van der Waals surface area (Å²) in [7, 11) is 0. The zero-order valence-corrected chi connectivity index (χ0v) is 13.0. The van der Waals surface area contributed by atoms with Crippen LogP contribution in [0.2, 0.25) is 0 Å². The van der Waals surface area contributed by atoms with Gasteiger partial charge in [-0.15, -0.1) is 0 Å². The van der Waals surface area contributed by atoms with Gasteiger partial charge in [0.1, 0.15) is 5.82 Å². The molecule has 0 bridgehead atoms. The zero-order chi connectivity index (χ0) is 17.8. The van der Waals surface area contributed by atoms with E-state index in [4.69, 9.17) is 10.3 Å². The molecule has 3 aromatic rings. The Morgan fingerprint density at radius 1 is 1.08 bits per heavy atom. The molecule has 0 aliphatic heterocycles. The highest BCUT2D eigenvalue weighted by Crippen LogP contribution is 2.21. The van der Waals surface area contributed by atoms with Crippen LogP contribution >= 0.6 is 0 Å². The van der Waals surface area contributed by atoms with Gasteiger partial charge in [-0.05, 0) is 42.0 Å². The number of nitrogens with zero attached hydrogens (tertiary/aromatic N) is 1. The highest BCUT2D eigenvalue weighted by atomic mass is 19.1. The summed E-state index contributed by atoms with van der Waals surface area (Å²) in [5.41, 5.74) is 7.14. The van der Waals surface area contributed by atoms with Gasteiger partial charge in [-0.1, -0.05) is 17.3 Å². The molecular formula is C18H14FN3O3. The van der Waals surface area contributed by atoms with Crippen molar-refractivity contribution in [3.63, 3.8) is 0 Å². The first-order chi connectivity index (χ1) is 12.0. The van der Waals surface area contributed by atoms with Gasteiger partial charge < -0.3 is 15.6 Å². The Hall–Kier alpha value is -3.48. The van der Waals surface area contributed by atoms with Crippen molar-refractivity contribution in [1.82, 2.24) is 5.16 Å². The van der Waals surface area contributed by atoms with E-state index in [0.29, 0.717) is 17.0 Å². The van der Waals surface area contributed by atoms with E-state index in [1.807, 2.05) is 0 Å². The molecule has 2 amide bonds. The van der Waals surface area contributed by atoms with Crippen molar-refractivity contribution in [2.75, 3.05) is 5.32 Å². The van der Waals surface area contributed by atoms with E-state index in [2.05, 4.69) is 10.5 Å². The highest BCUT2D eigenvalue weighted by Gasteiger charge is 2.14. The molecule has 3 rings (SSSR count). The monoisotopic (exact) mass is 339 g/mol. The fourth-order valence-corrected chi connectivity index (χ4v) is 2.23. The van der Waals surface area contributed by atoms with Crippen molar-refractivity contribution in [2.45, 2.75) is 6.42 Å². The minimum absolute atomic E-state index is 0.0977. The molecule has 0 radical (unpaired) electrons. The molecule has 1 aromatic heterocycles. The van der Waals surface area contributed by atoms with Gasteiger partial charge in [0, 0.05) is 17.3 Å². The van der Waals surface area contributed by atoms with Crippen LogP contribution in [0.4, 0.5) is 10.1 Å². The average Bonchev–Trinajstić information content (AvgIpc) is 3.07.